The van der Waals surface area contributed by atoms with E-state index in [4.69, 9.17) is 0 Å². The van der Waals surface area contributed by atoms with Gasteiger partial charge in [0.25, 0.3) is 0 Å². The van der Waals surface area contributed by atoms with E-state index in [1.54, 1.807) is 18.2 Å². The van der Waals surface area contributed by atoms with Crippen LogP contribution < -0.4 is 0 Å². The van der Waals surface area contributed by atoms with Crippen molar-refractivity contribution in [1.29, 1.82) is 0 Å². The SMILES string of the molecule is CCC1CCCN(CCC(O)c2ccccc2F)C1. The fourth-order valence-electron chi connectivity index (χ4n) is 2.89. The second-order valence-electron chi connectivity index (χ2n) is 5.54. The van der Waals surface area contributed by atoms with Gasteiger partial charge in [-0.2, -0.15) is 0 Å². The second kappa shape index (κ2) is 7.01. The third-order valence-electron chi connectivity index (χ3n) is 4.16. The molecule has 19 heavy (non-hydrogen) atoms. The molecule has 1 aliphatic heterocycles. The molecule has 0 spiro atoms. The summed E-state index contributed by atoms with van der Waals surface area (Å²) in [4.78, 5) is 2.40. The van der Waals surface area contributed by atoms with Gasteiger partial charge in [0.15, 0.2) is 0 Å². The molecule has 1 fully saturated rings. The van der Waals surface area contributed by atoms with Gasteiger partial charge in [-0.05, 0) is 37.8 Å². The van der Waals surface area contributed by atoms with Gasteiger partial charge >= 0.3 is 0 Å². The average Bonchev–Trinajstić information content (AvgIpc) is 2.45. The monoisotopic (exact) mass is 265 g/mol. The Bertz CT molecular complexity index is 396. The number of rotatable bonds is 5. The first-order chi connectivity index (χ1) is 9.20. The van der Waals surface area contributed by atoms with E-state index in [0.717, 1.165) is 25.6 Å². The number of halogens is 1. The molecule has 0 saturated carbocycles. The maximum absolute atomic E-state index is 13.5. The van der Waals surface area contributed by atoms with Crippen LogP contribution in [0.2, 0.25) is 0 Å². The van der Waals surface area contributed by atoms with Crippen molar-refractivity contribution in [2.45, 2.75) is 38.7 Å². The van der Waals surface area contributed by atoms with Crippen molar-refractivity contribution in [3.63, 3.8) is 0 Å². The topological polar surface area (TPSA) is 23.5 Å². The maximum Gasteiger partial charge on any atom is 0.128 e. The molecule has 2 atom stereocenters. The van der Waals surface area contributed by atoms with Crippen molar-refractivity contribution in [3.05, 3.63) is 35.6 Å². The van der Waals surface area contributed by atoms with Gasteiger partial charge in [0.1, 0.15) is 5.82 Å². The van der Waals surface area contributed by atoms with E-state index in [1.807, 2.05) is 0 Å². The normalized spacial score (nSPS) is 22.4. The Morgan fingerprint density at radius 3 is 2.95 bits per heavy atom. The van der Waals surface area contributed by atoms with Crippen LogP contribution in [0, 0.1) is 11.7 Å². The zero-order valence-electron chi connectivity index (χ0n) is 11.7. The first kappa shape index (κ1) is 14.5. The third kappa shape index (κ3) is 4.02. The molecular formula is C16H24FNO. The van der Waals surface area contributed by atoms with Crippen molar-refractivity contribution in [1.82, 2.24) is 4.90 Å². The lowest BCUT2D eigenvalue weighted by atomic mass is 9.95. The van der Waals surface area contributed by atoms with Crippen molar-refractivity contribution in [2.75, 3.05) is 19.6 Å². The van der Waals surface area contributed by atoms with Crippen molar-refractivity contribution in [3.8, 4) is 0 Å². The highest BCUT2D eigenvalue weighted by Gasteiger charge is 2.20. The molecule has 0 bridgehead atoms. The molecule has 2 nitrogen and oxygen atoms in total. The number of aliphatic hydroxyl groups is 1. The summed E-state index contributed by atoms with van der Waals surface area (Å²) >= 11 is 0. The number of aliphatic hydroxyl groups excluding tert-OH is 1. The Morgan fingerprint density at radius 2 is 2.21 bits per heavy atom. The zero-order valence-corrected chi connectivity index (χ0v) is 11.7. The molecule has 1 N–H and O–H groups in total. The van der Waals surface area contributed by atoms with E-state index >= 15 is 0 Å². The van der Waals surface area contributed by atoms with Gasteiger partial charge < -0.3 is 10.0 Å². The van der Waals surface area contributed by atoms with Crippen LogP contribution >= 0.6 is 0 Å². The number of likely N-dealkylation sites (tertiary alicyclic amines) is 1. The standard InChI is InChI=1S/C16H24FNO/c1-2-13-6-5-10-18(12-13)11-9-16(19)14-7-3-4-8-15(14)17/h3-4,7-8,13,16,19H,2,5-6,9-12H2,1H3. The van der Waals surface area contributed by atoms with Crippen LogP contribution in [0.25, 0.3) is 0 Å². The van der Waals surface area contributed by atoms with Crippen molar-refractivity contribution in [2.24, 2.45) is 5.92 Å². The molecule has 0 amide bonds. The van der Waals surface area contributed by atoms with E-state index in [0.29, 0.717) is 12.0 Å². The van der Waals surface area contributed by atoms with Crippen LogP contribution in [-0.4, -0.2) is 29.6 Å². The predicted molar refractivity (Wildman–Crippen MR) is 75.4 cm³/mol. The van der Waals surface area contributed by atoms with E-state index in [1.165, 1.54) is 25.3 Å². The Morgan fingerprint density at radius 1 is 1.42 bits per heavy atom. The van der Waals surface area contributed by atoms with Gasteiger partial charge in [0.05, 0.1) is 6.10 Å². The Labute approximate surface area is 115 Å². The summed E-state index contributed by atoms with van der Waals surface area (Å²) in [7, 11) is 0. The zero-order chi connectivity index (χ0) is 13.7. The number of hydrogen-bond donors (Lipinski definition) is 1. The minimum absolute atomic E-state index is 0.305. The molecule has 1 aromatic carbocycles. The van der Waals surface area contributed by atoms with Gasteiger partial charge in [-0.1, -0.05) is 31.5 Å². The van der Waals surface area contributed by atoms with E-state index in [-0.39, 0.29) is 5.82 Å². The van der Waals surface area contributed by atoms with Crippen LogP contribution in [0.3, 0.4) is 0 Å². The molecule has 1 aliphatic rings. The van der Waals surface area contributed by atoms with E-state index < -0.39 is 6.10 Å². The number of hydrogen-bond acceptors (Lipinski definition) is 2. The fraction of sp³-hybridized carbons (Fsp3) is 0.625. The molecule has 1 heterocycles. The maximum atomic E-state index is 13.5. The van der Waals surface area contributed by atoms with Crippen LogP contribution in [0.4, 0.5) is 4.39 Å². The van der Waals surface area contributed by atoms with Crippen molar-refractivity contribution < 1.29 is 9.50 Å². The Hall–Kier alpha value is -0.930. The second-order valence-corrected chi connectivity index (χ2v) is 5.54. The van der Waals surface area contributed by atoms with Gasteiger partial charge in [-0.15, -0.1) is 0 Å². The summed E-state index contributed by atoms with van der Waals surface area (Å²) in [6, 6.07) is 6.51. The summed E-state index contributed by atoms with van der Waals surface area (Å²) < 4.78 is 13.5. The Balaban J connectivity index is 1.83. The highest BCUT2D eigenvalue weighted by Crippen LogP contribution is 2.23. The van der Waals surface area contributed by atoms with Gasteiger partial charge in [0, 0.05) is 18.7 Å². The molecular weight excluding hydrogens is 241 g/mol. The van der Waals surface area contributed by atoms with E-state index in [9.17, 15) is 9.50 Å². The molecule has 3 heteroatoms. The van der Waals surface area contributed by atoms with Crippen molar-refractivity contribution >= 4 is 0 Å². The highest BCUT2D eigenvalue weighted by molar-refractivity contribution is 5.19. The molecule has 0 aliphatic carbocycles. The number of benzene rings is 1. The molecule has 0 aromatic heterocycles. The van der Waals surface area contributed by atoms with Gasteiger partial charge in [-0.25, -0.2) is 4.39 Å². The average molecular weight is 265 g/mol. The molecule has 2 unspecified atom stereocenters. The summed E-state index contributed by atoms with van der Waals surface area (Å²) in [5, 5.41) is 10.1. The number of piperidine rings is 1. The van der Waals surface area contributed by atoms with Crippen LogP contribution in [0.1, 0.15) is 44.3 Å². The summed E-state index contributed by atoms with van der Waals surface area (Å²) in [6.45, 7) is 5.33. The quantitative estimate of drug-likeness (QED) is 0.882. The highest BCUT2D eigenvalue weighted by atomic mass is 19.1. The molecule has 2 rings (SSSR count). The van der Waals surface area contributed by atoms with Gasteiger partial charge in [0.2, 0.25) is 0 Å². The minimum Gasteiger partial charge on any atom is -0.388 e. The molecule has 1 saturated heterocycles. The first-order valence-corrected chi connectivity index (χ1v) is 7.35. The first-order valence-electron chi connectivity index (χ1n) is 7.35. The molecule has 1 aromatic rings. The lowest BCUT2D eigenvalue weighted by Gasteiger charge is -2.32. The lowest BCUT2D eigenvalue weighted by molar-refractivity contribution is 0.115. The number of nitrogens with zero attached hydrogens (tertiary/aromatic N) is 1. The minimum atomic E-state index is -0.691. The third-order valence-corrected chi connectivity index (χ3v) is 4.16. The largest absolute Gasteiger partial charge is 0.388 e. The summed E-state index contributed by atoms with van der Waals surface area (Å²) in [5.74, 6) is 0.486. The lowest BCUT2D eigenvalue weighted by Crippen LogP contribution is -2.36. The molecule has 106 valence electrons. The van der Waals surface area contributed by atoms with Gasteiger partial charge in [-0.3, -0.25) is 0 Å². The summed E-state index contributed by atoms with van der Waals surface area (Å²) in [5.41, 5.74) is 0.423. The Kier molecular flexibility index (Phi) is 5.34. The van der Waals surface area contributed by atoms with Crippen LogP contribution in [0.5, 0.6) is 0 Å². The van der Waals surface area contributed by atoms with Crippen LogP contribution in [0.15, 0.2) is 24.3 Å². The van der Waals surface area contributed by atoms with E-state index in [2.05, 4.69) is 11.8 Å². The molecule has 0 radical (unpaired) electrons. The fourth-order valence-corrected chi connectivity index (χ4v) is 2.89. The smallest absolute Gasteiger partial charge is 0.128 e. The summed E-state index contributed by atoms with van der Waals surface area (Å²) in [6.07, 6.45) is 3.71. The van der Waals surface area contributed by atoms with Crippen LogP contribution in [-0.2, 0) is 0 Å². The predicted octanol–water partition coefficient (Wildman–Crippen LogP) is 3.37.